The van der Waals surface area contributed by atoms with E-state index in [-0.39, 0.29) is 57.5 Å². The fourth-order valence-corrected chi connectivity index (χ4v) is 4.89. The van der Waals surface area contributed by atoms with E-state index in [0.717, 1.165) is 0 Å². The van der Waals surface area contributed by atoms with Gasteiger partial charge in [0.2, 0.25) is 11.8 Å². The molecule has 0 aliphatic heterocycles. The summed E-state index contributed by atoms with van der Waals surface area (Å²) in [6.45, 7) is 0. The smallest absolute Gasteiger partial charge is 0.222 e. The van der Waals surface area contributed by atoms with Crippen LogP contribution in [0.2, 0.25) is 0 Å². The van der Waals surface area contributed by atoms with Gasteiger partial charge in [0.1, 0.15) is 0 Å². The molecule has 0 atom stereocenters. The SMILES string of the molecule is O=C1c2ccccc2C(=O)c2c(NN=C(c3nc(O)c4ccccc4n3)c3nc(O)c4ccccc4n3)cccc21. The van der Waals surface area contributed by atoms with Crippen LogP contribution in [0.15, 0.2) is 96.1 Å². The molecule has 0 spiro atoms. The van der Waals surface area contributed by atoms with Crippen LogP contribution in [0.3, 0.4) is 0 Å². The first-order chi connectivity index (χ1) is 20.0. The van der Waals surface area contributed by atoms with Crippen molar-refractivity contribution in [3.63, 3.8) is 0 Å². The number of anilines is 1. The first-order valence-electron chi connectivity index (χ1n) is 12.6. The number of aromatic hydroxyl groups is 2. The normalized spacial score (nSPS) is 12.2. The van der Waals surface area contributed by atoms with E-state index in [9.17, 15) is 19.8 Å². The molecule has 2 aromatic heterocycles. The highest BCUT2D eigenvalue weighted by Gasteiger charge is 2.31. The lowest BCUT2D eigenvalue weighted by Gasteiger charge is -2.19. The standard InChI is InChI=1S/C31H18N6O4/c38-26-16-8-1-2-9-17(16)27(39)24-20(26)12-7-15-23(24)36-37-25(28-32-21-13-5-3-10-18(21)30(40)34-28)29-33-22-14-6-4-11-19(22)31(41)35-29/h1-15,36H,(H,32,34,40)(H,33,35,41). The molecule has 0 unspecified atom stereocenters. The number of hydrogen-bond donors (Lipinski definition) is 3. The number of aromatic nitrogens is 4. The summed E-state index contributed by atoms with van der Waals surface area (Å²) in [4.78, 5) is 44.3. The number of para-hydroxylation sites is 2. The molecule has 196 valence electrons. The van der Waals surface area contributed by atoms with Crippen LogP contribution in [0, 0.1) is 0 Å². The maximum absolute atomic E-state index is 13.5. The number of fused-ring (bicyclic) bond motifs is 4. The first-order valence-corrected chi connectivity index (χ1v) is 12.6. The molecule has 10 heteroatoms. The summed E-state index contributed by atoms with van der Waals surface area (Å²) in [6, 6.07) is 25.3. The molecule has 3 N–H and O–H groups in total. The molecule has 1 aliphatic rings. The van der Waals surface area contributed by atoms with Gasteiger partial charge in [-0.05, 0) is 30.3 Å². The Morgan fingerprint density at radius 1 is 0.585 bits per heavy atom. The average molecular weight is 539 g/mol. The Labute approximate surface area is 231 Å². The number of nitrogens with zero attached hydrogens (tertiary/aromatic N) is 5. The molecule has 0 saturated carbocycles. The second kappa shape index (κ2) is 9.31. The Morgan fingerprint density at radius 2 is 1.10 bits per heavy atom. The zero-order valence-corrected chi connectivity index (χ0v) is 21.1. The molecular weight excluding hydrogens is 520 g/mol. The number of hydrazone groups is 1. The Kier molecular flexibility index (Phi) is 5.46. The minimum Gasteiger partial charge on any atom is -0.493 e. The average Bonchev–Trinajstić information content (AvgIpc) is 3.00. The van der Waals surface area contributed by atoms with Gasteiger partial charge in [-0.25, -0.2) is 9.97 Å². The number of carbonyl (C=O) groups excluding carboxylic acids is 2. The van der Waals surface area contributed by atoms with Gasteiger partial charge in [0, 0.05) is 16.7 Å². The van der Waals surface area contributed by atoms with Crippen molar-refractivity contribution in [2.24, 2.45) is 5.10 Å². The maximum Gasteiger partial charge on any atom is 0.222 e. The molecule has 41 heavy (non-hydrogen) atoms. The summed E-state index contributed by atoms with van der Waals surface area (Å²) < 4.78 is 0. The number of ketones is 2. The van der Waals surface area contributed by atoms with E-state index >= 15 is 0 Å². The molecule has 7 rings (SSSR count). The molecule has 2 heterocycles. The third kappa shape index (κ3) is 3.93. The summed E-state index contributed by atoms with van der Waals surface area (Å²) in [6.07, 6.45) is 0. The van der Waals surface area contributed by atoms with Crippen molar-refractivity contribution >= 4 is 44.8 Å². The molecule has 0 radical (unpaired) electrons. The van der Waals surface area contributed by atoms with Gasteiger partial charge in [-0.3, -0.25) is 15.0 Å². The van der Waals surface area contributed by atoms with E-state index in [1.165, 1.54) is 0 Å². The van der Waals surface area contributed by atoms with Crippen LogP contribution in [0.5, 0.6) is 11.8 Å². The van der Waals surface area contributed by atoms with Crippen molar-refractivity contribution in [2.75, 3.05) is 5.43 Å². The van der Waals surface area contributed by atoms with Gasteiger partial charge in [0.15, 0.2) is 28.9 Å². The molecule has 10 nitrogen and oxygen atoms in total. The number of rotatable bonds is 4. The topological polar surface area (TPSA) is 151 Å². The van der Waals surface area contributed by atoms with Crippen LogP contribution in [0.4, 0.5) is 5.69 Å². The second-order valence-corrected chi connectivity index (χ2v) is 9.28. The summed E-state index contributed by atoms with van der Waals surface area (Å²) in [7, 11) is 0. The zero-order valence-electron chi connectivity index (χ0n) is 21.1. The van der Waals surface area contributed by atoms with E-state index in [1.807, 2.05) is 0 Å². The van der Waals surface area contributed by atoms with Crippen molar-refractivity contribution in [1.29, 1.82) is 0 Å². The second-order valence-electron chi connectivity index (χ2n) is 9.28. The van der Waals surface area contributed by atoms with Crippen molar-refractivity contribution in [3.8, 4) is 11.8 Å². The Morgan fingerprint density at radius 3 is 1.71 bits per heavy atom. The fourth-order valence-electron chi connectivity index (χ4n) is 4.89. The fraction of sp³-hybridized carbons (Fsp3) is 0. The van der Waals surface area contributed by atoms with E-state index in [4.69, 9.17) is 0 Å². The quantitative estimate of drug-likeness (QED) is 0.215. The van der Waals surface area contributed by atoms with E-state index in [0.29, 0.717) is 32.9 Å². The minimum atomic E-state index is -0.325. The summed E-state index contributed by atoms with van der Waals surface area (Å²) in [5, 5.41) is 26.7. The van der Waals surface area contributed by atoms with Crippen molar-refractivity contribution in [2.45, 2.75) is 0 Å². The molecule has 0 saturated heterocycles. The first kappa shape index (κ1) is 24.0. The lowest BCUT2D eigenvalue weighted by atomic mass is 9.83. The number of nitrogens with one attached hydrogen (secondary N) is 1. The highest BCUT2D eigenvalue weighted by Crippen LogP contribution is 2.32. The van der Waals surface area contributed by atoms with Gasteiger partial charge >= 0.3 is 0 Å². The van der Waals surface area contributed by atoms with Crippen LogP contribution in [0.25, 0.3) is 21.8 Å². The van der Waals surface area contributed by atoms with Crippen LogP contribution in [-0.4, -0.2) is 47.4 Å². The highest BCUT2D eigenvalue weighted by molar-refractivity contribution is 6.30. The monoisotopic (exact) mass is 538 g/mol. The van der Waals surface area contributed by atoms with Crippen LogP contribution >= 0.6 is 0 Å². The Balaban J connectivity index is 1.41. The minimum absolute atomic E-state index is 0.0142. The predicted octanol–water partition coefficient (Wildman–Crippen LogP) is 4.62. The lowest BCUT2D eigenvalue weighted by Crippen LogP contribution is -2.22. The van der Waals surface area contributed by atoms with Gasteiger partial charge < -0.3 is 10.2 Å². The van der Waals surface area contributed by atoms with Gasteiger partial charge in [-0.15, -0.1) is 0 Å². The number of hydrogen-bond acceptors (Lipinski definition) is 10. The van der Waals surface area contributed by atoms with Crippen LogP contribution in [0.1, 0.15) is 43.5 Å². The van der Waals surface area contributed by atoms with Gasteiger partial charge in [0.05, 0.1) is 33.1 Å². The molecule has 4 aromatic carbocycles. The molecular formula is C31H18N6O4. The third-order valence-electron chi connectivity index (χ3n) is 6.83. The summed E-state index contributed by atoms with van der Waals surface area (Å²) >= 11 is 0. The summed E-state index contributed by atoms with van der Waals surface area (Å²) in [5.74, 6) is -1.21. The molecule has 0 fully saturated rings. The molecule has 6 aromatic rings. The Hall–Kier alpha value is -6.03. The van der Waals surface area contributed by atoms with Crippen molar-refractivity contribution < 1.29 is 19.8 Å². The van der Waals surface area contributed by atoms with Crippen LogP contribution in [-0.2, 0) is 0 Å². The summed E-state index contributed by atoms with van der Waals surface area (Å²) in [5.41, 5.74) is 5.08. The molecule has 0 amide bonds. The van der Waals surface area contributed by atoms with Crippen LogP contribution < -0.4 is 5.43 Å². The van der Waals surface area contributed by atoms with E-state index < -0.39 is 0 Å². The zero-order chi connectivity index (χ0) is 28.1. The largest absolute Gasteiger partial charge is 0.493 e. The highest BCUT2D eigenvalue weighted by atomic mass is 16.3. The third-order valence-corrected chi connectivity index (χ3v) is 6.83. The van der Waals surface area contributed by atoms with Crippen molar-refractivity contribution in [3.05, 3.63) is 125 Å². The van der Waals surface area contributed by atoms with Gasteiger partial charge in [-0.1, -0.05) is 60.7 Å². The lowest BCUT2D eigenvalue weighted by molar-refractivity contribution is 0.0979. The molecule has 0 bridgehead atoms. The Bertz CT molecular complexity index is 2020. The predicted molar refractivity (Wildman–Crippen MR) is 151 cm³/mol. The maximum atomic E-state index is 13.5. The number of benzene rings is 4. The van der Waals surface area contributed by atoms with E-state index in [2.05, 4.69) is 30.5 Å². The molecule has 1 aliphatic carbocycles. The van der Waals surface area contributed by atoms with Crippen molar-refractivity contribution in [1.82, 2.24) is 19.9 Å². The van der Waals surface area contributed by atoms with Gasteiger partial charge in [0.25, 0.3) is 0 Å². The van der Waals surface area contributed by atoms with E-state index in [1.54, 1.807) is 91.0 Å². The van der Waals surface area contributed by atoms with Gasteiger partial charge in [-0.2, -0.15) is 15.1 Å². The number of carbonyl (C=O) groups is 2.